The molecule has 0 saturated carbocycles. The van der Waals surface area contributed by atoms with Crippen LogP contribution in [0, 0.1) is 5.41 Å². The molecule has 0 heterocycles. The average molecular weight is 304 g/mol. The highest BCUT2D eigenvalue weighted by molar-refractivity contribution is 7.89. The molecule has 19 heavy (non-hydrogen) atoms. The summed E-state index contributed by atoms with van der Waals surface area (Å²) in [6.07, 6.45) is -5.23. The maximum Gasteiger partial charge on any atom is 0.389 e. The van der Waals surface area contributed by atoms with Crippen molar-refractivity contribution in [2.75, 3.05) is 12.3 Å². The Morgan fingerprint density at radius 1 is 1.21 bits per heavy atom. The van der Waals surface area contributed by atoms with Crippen LogP contribution in [0.5, 0.6) is 0 Å². The lowest BCUT2D eigenvalue weighted by Crippen LogP contribution is -2.40. The third-order valence-electron chi connectivity index (χ3n) is 2.31. The second-order valence-corrected chi connectivity index (χ2v) is 7.84. The largest absolute Gasteiger partial charge is 0.389 e. The van der Waals surface area contributed by atoms with E-state index in [1.165, 1.54) is 0 Å². The normalized spacial score (nSPS) is 15.5. The van der Waals surface area contributed by atoms with Crippen LogP contribution in [-0.4, -0.2) is 32.9 Å². The van der Waals surface area contributed by atoms with Gasteiger partial charge in [0.05, 0.1) is 5.75 Å². The molecule has 0 aliphatic rings. The second-order valence-electron chi connectivity index (χ2n) is 5.91. The monoisotopic (exact) mass is 304 g/mol. The van der Waals surface area contributed by atoms with Crippen LogP contribution < -0.4 is 10.5 Å². The quantitative estimate of drug-likeness (QED) is 0.756. The predicted octanol–water partition coefficient (Wildman–Crippen LogP) is 2.01. The van der Waals surface area contributed by atoms with Crippen molar-refractivity contribution in [1.82, 2.24) is 4.72 Å². The lowest BCUT2D eigenvalue weighted by Gasteiger charge is -2.23. The molecule has 8 heteroatoms. The molecular weight excluding hydrogens is 281 g/mol. The van der Waals surface area contributed by atoms with Crippen molar-refractivity contribution in [1.29, 1.82) is 0 Å². The maximum absolute atomic E-state index is 11.9. The van der Waals surface area contributed by atoms with E-state index in [4.69, 9.17) is 5.73 Å². The Morgan fingerprint density at radius 2 is 1.74 bits per heavy atom. The Bertz CT molecular complexity index is 361. The van der Waals surface area contributed by atoms with E-state index in [9.17, 15) is 21.6 Å². The highest BCUT2D eigenvalue weighted by Gasteiger charge is 2.27. The lowest BCUT2D eigenvalue weighted by molar-refractivity contribution is -0.134. The van der Waals surface area contributed by atoms with E-state index < -0.39 is 34.8 Å². The Morgan fingerprint density at radius 3 is 2.16 bits per heavy atom. The van der Waals surface area contributed by atoms with Gasteiger partial charge in [-0.2, -0.15) is 13.2 Å². The van der Waals surface area contributed by atoms with E-state index in [0.29, 0.717) is 6.42 Å². The minimum Gasteiger partial charge on any atom is -0.326 e. The number of alkyl halides is 3. The molecule has 0 spiro atoms. The SMILES string of the molecule is CC(C)(C)CC(N)CNS(=O)(=O)CCCC(F)(F)F. The van der Waals surface area contributed by atoms with Gasteiger partial charge in [-0.15, -0.1) is 0 Å². The number of sulfonamides is 1. The molecular formula is C11H23F3N2O2S. The van der Waals surface area contributed by atoms with Crippen molar-refractivity contribution in [2.45, 2.75) is 52.3 Å². The molecule has 4 nitrogen and oxygen atoms in total. The molecule has 0 aromatic heterocycles. The number of nitrogens with one attached hydrogen (secondary N) is 1. The molecule has 0 aliphatic carbocycles. The van der Waals surface area contributed by atoms with Gasteiger partial charge in [-0.05, 0) is 18.3 Å². The smallest absolute Gasteiger partial charge is 0.326 e. The summed E-state index contributed by atoms with van der Waals surface area (Å²) in [4.78, 5) is 0. The summed E-state index contributed by atoms with van der Waals surface area (Å²) in [6.45, 7) is 5.98. The fourth-order valence-corrected chi connectivity index (χ4v) is 2.76. The van der Waals surface area contributed by atoms with Gasteiger partial charge in [-0.3, -0.25) is 0 Å². The molecule has 1 atom stereocenters. The van der Waals surface area contributed by atoms with Crippen LogP contribution in [0.4, 0.5) is 13.2 Å². The standard InChI is InChI=1S/C11H23F3N2O2S/c1-10(2,3)7-9(15)8-16-19(17,18)6-4-5-11(12,13)14/h9,16H,4-8,15H2,1-3H3. The van der Waals surface area contributed by atoms with Gasteiger partial charge < -0.3 is 5.73 Å². The molecule has 0 aromatic carbocycles. The number of rotatable bonds is 7. The fraction of sp³-hybridized carbons (Fsp3) is 1.00. The number of hydrogen-bond acceptors (Lipinski definition) is 3. The highest BCUT2D eigenvalue weighted by atomic mass is 32.2. The molecule has 0 radical (unpaired) electrons. The van der Waals surface area contributed by atoms with E-state index in [1.807, 2.05) is 20.8 Å². The summed E-state index contributed by atoms with van der Waals surface area (Å²) in [5.41, 5.74) is 5.73. The molecule has 0 aliphatic heterocycles. The van der Waals surface area contributed by atoms with E-state index in [-0.39, 0.29) is 18.0 Å². The van der Waals surface area contributed by atoms with Crippen LogP contribution in [0.1, 0.15) is 40.0 Å². The number of halogens is 3. The molecule has 3 N–H and O–H groups in total. The molecule has 116 valence electrons. The molecule has 0 rings (SSSR count). The summed E-state index contributed by atoms with van der Waals surface area (Å²) >= 11 is 0. The van der Waals surface area contributed by atoms with E-state index >= 15 is 0 Å². The molecule has 0 saturated heterocycles. The zero-order chi connectivity index (χ0) is 15.3. The van der Waals surface area contributed by atoms with Crippen LogP contribution in [0.25, 0.3) is 0 Å². The van der Waals surface area contributed by atoms with Gasteiger partial charge in [-0.1, -0.05) is 20.8 Å². The first-order valence-electron chi connectivity index (χ1n) is 6.10. The zero-order valence-electron chi connectivity index (χ0n) is 11.5. The van der Waals surface area contributed by atoms with Gasteiger partial charge in [0.15, 0.2) is 0 Å². The third kappa shape index (κ3) is 12.4. The summed E-state index contributed by atoms with van der Waals surface area (Å²) in [5.74, 6) is -0.533. The van der Waals surface area contributed by atoms with E-state index in [2.05, 4.69) is 4.72 Å². The number of nitrogens with two attached hydrogens (primary N) is 1. The van der Waals surface area contributed by atoms with Gasteiger partial charge in [0.1, 0.15) is 0 Å². The highest BCUT2D eigenvalue weighted by Crippen LogP contribution is 2.21. The molecule has 0 aromatic rings. The first-order chi connectivity index (χ1) is 8.31. The molecule has 0 amide bonds. The Kier molecular flexibility index (Phi) is 6.77. The van der Waals surface area contributed by atoms with Crippen molar-refractivity contribution >= 4 is 10.0 Å². The predicted molar refractivity (Wildman–Crippen MR) is 69.1 cm³/mol. The van der Waals surface area contributed by atoms with Gasteiger partial charge in [-0.25, -0.2) is 13.1 Å². The lowest BCUT2D eigenvalue weighted by atomic mass is 9.88. The fourth-order valence-electron chi connectivity index (χ4n) is 1.63. The molecule has 0 fully saturated rings. The van der Waals surface area contributed by atoms with Crippen molar-refractivity contribution in [3.63, 3.8) is 0 Å². The summed E-state index contributed by atoms with van der Waals surface area (Å²) < 4.78 is 60.8. The van der Waals surface area contributed by atoms with Crippen molar-refractivity contribution in [3.8, 4) is 0 Å². The zero-order valence-corrected chi connectivity index (χ0v) is 12.4. The minimum atomic E-state index is -4.32. The summed E-state index contributed by atoms with van der Waals surface area (Å²) in [6, 6.07) is -0.350. The van der Waals surface area contributed by atoms with Crippen LogP contribution in [0.2, 0.25) is 0 Å². The Labute approximate surface area is 113 Å². The van der Waals surface area contributed by atoms with Crippen LogP contribution >= 0.6 is 0 Å². The van der Waals surface area contributed by atoms with Gasteiger partial charge in [0.2, 0.25) is 10.0 Å². The second kappa shape index (κ2) is 6.90. The first kappa shape index (κ1) is 18.7. The molecule has 1 unspecified atom stereocenters. The number of hydrogen-bond donors (Lipinski definition) is 2. The summed E-state index contributed by atoms with van der Waals surface area (Å²) in [5, 5.41) is 0. The van der Waals surface area contributed by atoms with Crippen molar-refractivity contribution in [2.24, 2.45) is 11.1 Å². The van der Waals surface area contributed by atoms with Crippen LogP contribution in [0.3, 0.4) is 0 Å². The first-order valence-corrected chi connectivity index (χ1v) is 7.76. The Balaban J connectivity index is 4.04. The molecule has 0 bridgehead atoms. The van der Waals surface area contributed by atoms with Crippen LogP contribution in [-0.2, 0) is 10.0 Å². The van der Waals surface area contributed by atoms with Gasteiger partial charge in [0.25, 0.3) is 0 Å². The van der Waals surface area contributed by atoms with Gasteiger partial charge >= 0.3 is 6.18 Å². The van der Waals surface area contributed by atoms with Crippen molar-refractivity contribution < 1.29 is 21.6 Å². The average Bonchev–Trinajstić information content (AvgIpc) is 2.09. The minimum absolute atomic E-state index is 0.0266. The topological polar surface area (TPSA) is 72.2 Å². The van der Waals surface area contributed by atoms with E-state index in [0.717, 1.165) is 0 Å². The maximum atomic E-state index is 11.9. The van der Waals surface area contributed by atoms with Crippen LogP contribution in [0.15, 0.2) is 0 Å². The third-order valence-corrected chi connectivity index (χ3v) is 3.75. The van der Waals surface area contributed by atoms with E-state index in [1.54, 1.807) is 0 Å². The van der Waals surface area contributed by atoms with Gasteiger partial charge in [0, 0.05) is 19.0 Å². The Hall–Kier alpha value is -0.340. The van der Waals surface area contributed by atoms with Crippen molar-refractivity contribution in [3.05, 3.63) is 0 Å². The summed E-state index contributed by atoms with van der Waals surface area (Å²) in [7, 11) is -3.68.